The van der Waals surface area contributed by atoms with E-state index in [1.54, 1.807) is 11.3 Å². The minimum atomic E-state index is -0.856. The second-order valence-corrected chi connectivity index (χ2v) is 6.33. The molecule has 0 fully saturated rings. The maximum absolute atomic E-state index is 12.0. The van der Waals surface area contributed by atoms with Crippen molar-refractivity contribution in [1.82, 2.24) is 10.6 Å². The van der Waals surface area contributed by atoms with Gasteiger partial charge in [-0.25, -0.2) is 4.79 Å². The van der Waals surface area contributed by atoms with E-state index in [0.717, 1.165) is 11.3 Å². The minimum Gasteiger partial charge on any atom is -0.481 e. The van der Waals surface area contributed by atoms with Crippen LogP contribution in [0.15, 0.2) is 17.5 Å². The number of carboxylic acid groups (broad SMARTS) is 1. The number of carbonyl (C=O) groups excluding carboxylic acids is 1. The molecule has 0 spiro atoms. The number of rotatable bonds is 7. The van der Waals surface area contributed by atoms with Crippen molar-refractivity contribution in [3.8, 4) is 0 Å². The van der Waals surface area contributed by atoms with Gasteiger partial charge in [0.25, 0.3) is 0 Å². The van der Waals surface area contributed by atoms with E-state index in [9.17, 15) is 9.59 Å². The van der Waals surface area contributed by atoms with Crippen molar-refractivity contribution in [1.29, 1.82) is 0 Å². The lowest BCUT2D eigenvalue weighted by Crippen LogP contribution is -2.49. The second-order valence-electron chi connectivity index (χ2n) is 5.35. The molecule has 0 radical (unpaired) electrons. The van der Waals surface area contributed by atoms with Gasteiger partial charge in [-0.05, 0) is 38.1 Å². The first-order valence-electron chi connectivity index (χ1n) is 6.68. The molecule has 0 aliphatic rings. The van der Waals surface area contributed by atoms with Crippen LogP contribution in [-0.2, 0) is 4.79 Å². The summed E-state index contributed by atoms with van der Waals surface area (Å²) in [7, 11) is 0. The quantitative estimate of drug-likeness (QED) is 0.723. The SMILES string of the molecule is CCC(NC(=O)NC(C)(C)CCC(=O)O)c1cccs1. The third-order valence-electron chi connectivity index (χ3n) is 3.02. The predicted octanol–water partition coefficient (Wildman–Crippen LogP) is 3.14. The molecule has 5 nitrogen and oxygen atoms in total. The molecule has 0 aliphatic heterocycles. The molecule has 112 valence electrons. The van der Waals surface area contributed by atoms with Crippen LogP contribution in [0.5, 0.6) is 0 Å². The van der Waals surface area contributed by atoms with E-state index in [0.29, 0.717) is 6.42 Å². The molecule has 0 bridgehead atoms. The molecule has 1 unspecified atom stereocenters. The molecule has 2 amide bonds. The van der Waals surface area contributed by atoms with Gasteiger partial charge >= 0.3 is 12.0 Å². The van der Waals surface area contributed by atoms with Crippen molar-refractivity contribution >= 4 is 23.3 Å². The highest BCUT2D eigenvalue weighted by atomic mass is 32.1. The van der Waals surface area contributed by atoms with Gasteiger partial charge in [0.05, 0.1) is 6.04 Å². The van der Waals surface area contributed by atoms with Crippen LogP contribution in [0, 0.1) is 0 Å². The van der Waals surface area contributed by atoms with Crippen molar-refractivity contribution in [2.45, 2.75) is 51.6 Å². The van der Waals surface area contributed by atoms with E-state index in [1.807, 2.05) is 38.3 Å². The van der Waals surface area contributed by atoms with Crippen LogP contribution >= 0.6 is 11.3 Å². The zero-order valence-corrected chi connectivity index (χ0v) is 12.9. The summed E-state index contributed by atoms with van der Waals surface area (Å²) in [6.45, 7) is 5.66. The zero-order valence-electron chi connectivity index (χ0n) is 12.1. The van der Waals surface area contributed by atoms with Crippen LogP contribution in [0.3, 0.4) is 0 Å². The number of hydrogen-bond donors (Lipinski definition) is 3. The van der Waals surface area contributed by atoms with Gasteiger partial charge in [0.1, 0.15) is 0 Å². The largest absolute Gasteiger partial charge is 0.481 e. The summed E-state index contributed by atoms with van der Waals surface area (Å²) in [5.41, 5.74) is -0.545. The van der Waals surface area contributed by atoms with Gasteiger partial charge in [-0.3, -0.25) is 4.79 Å². The van der Waals surface area contributed by atoms with Crippen LogP contribution in [0.25, 0.3) is 0 Å². The highest BCUT2D eigenvalue weighted by Gasteiger charge is 2.23. The lowest BCUT2D eigenvalue weighted by atomic mass is 9.99. The second kappa shape index (κ2) is 7.28. The number of urea groups is 1. The van der Waals surface area contributed by atoms with Crippen molar-refractivity contribution < 1.29 is 14.7 Å². The topological polar surface area (TPSA) is 78.4 Å². The van der Waals surface area contributed by atoms with Crippen molar-refractivity contribution in [2.75, 3.05) is 0 Å². The molecule has 0 aliphatic carbocycles. The number of hydrogen-bond acceptors (Lipinski definition) is 3. The molecule has 3 N–H and O–H groups in total. The number of amides is 2. The van der Waals surface area contributed by atoms with Gasteiger partial charge in [0.15, 0.2) is 0 Å². The number of carboxylic acids is 1. The first-order valence-corrected chi connectivity index (χ1v) is 7.56. The fraction of sp³-hybridized carbons (Fsp3) is 0.571. The maximum atomic E-state index is 12.0. The van der Waals surface area contributed by atoms with Crippen LogP contribution in [0.2, 0.25) is 0 Å². The average molecular weight is 298 g/mol. The Kier molecular flexibility index (Phi) is 6.01. The van der Waals surface area contributed by atoms with Gasteiger partial charge in [-0.2, -0.15) is 0 Å². The predicted molar refractivity (Wildman–Crippen MR) is 80.0 cm³/mol. The summed E-state index contributed by atoms with van der Waals surface area (Å²) in [5, 5.41) is 16.4. The van der Waals surface area contributed by atoms with Crippen LogP contribution < -0.4 is 10.6 Å². The first kappa shape index (κ1) is 16.5. The minimum absolute atomic E-state index is 0.00901. The van der Waals surface area contributed by atoms with Crippen molar-refractivity contribution in [3.63, 3.8) is 0 Å². The normalized spacial score (nSPS) is 12.8. The Morgan fingerprint density at radius 3 is 2.65 bits per heavy atom. The van der Waals surface area contributed by atoms with E-state index >= 15 is 0 Å². The van der Waals surface area contributed by atoms with E-state index < -0.39 is 11.5 Å². The van der Waals surface area contributed by atoms with Crippen molar-refractivity contribution in [2.24, 2.45) is 0 Å². The Morgan fingerprint density at radius 1 is 1.45 bits per heavy atom. The van der Waals surface area contributed by atoms with Gasteiger partial charge in [-0.1, -0.05) is 13.0 Å². The zero-order chi connectivity index (χ0) is 15.2. The monoisotopic (exact) mass is 298 g/mol. The van der Waals surface area contributed by atoms with Crippen molar-refractivity contribution in [3.05, 3.63) is 22.4 Å². The van der Waals surface area contributed by atoms with Gasteiger partial charge in [-0.15, -0.1) is 11.3 Å². The summed E-state index contributed by atoms with van der Waals surface area (Å²) >= 11 is 1.61. The van der Waals surface area contributed by atoms with E-state index in [2.05, 4.69) is 10.6 Å². The molecule has 6 heteroatoms. The lowest BCUT2D eigenvalue weighted by molar-refractivity contribution is -0.137. The van der Waals surface area contributed by atoms with Crippen LogP contribution in [0.1, 0.15) is 51.0 Å². The third kappa shape index (κ3) is 5.61. The highest BCUT2D eigenvalue weighted by molar-refractivity contribution is 7.10. The Labute approximate surface area is 123 Å². The maximum Gasteiger partial charge on any atom is 0.315 e. The molecular weight excluding hydrogens is 276 g/mol. The molecule has 1 heterocycles. The molecule has 0 saturated carbocycles. The van der Waals surface area contributed by atoms with E-state index in [1.165, 1.54) is 0 Å². The number of carbonyl (C=O) groups is 2. The summed E-state index contributed by atoms with van der Waals surface area (Å²) in [6, 6.07) is 3.68. The molecule has 1 atom stereocenters. The van der Waals surface area contributed by atoms with Gasteiger partial charge in [0.2, 0.25) is 0 Å². The molecule has 0 aromatic carbocycles. The Balaban J connectivity index is 2.51. The summed E-state index contributed by atoms with van der Waals surface area (Å²) in [4.78, 5) is 23.7. The van der Waals surface area contributed by atoms with E-state index in [4.69, 9.17) is 5.11 Å². The molecule has 20 heavy (non-hydrogen) atoms. The van der Waals surface area contributed by atoms with Gasteiger partial charge in [0, 0.05) is 16.8 Å². The molecule has 0 saturated heterocycles. The first-order chi connectivity index (χ1) is 9.34. The molecule has 1 aromatic heterocycles. The fourth-order valence-electron chi connectivity index (χ4n) is 1.85. The Morgan fingerprint density at radius 2 is 2.15 bits per heavy atom. The van der Waals surface area contributed by atoms with Crippen LogP contribution in [-0.4, -0.2) is 22.6 Å². The molecular formula is C14H22N2O3S. The number of aliphatic carboxylic acids is 1. The summed E-state index contributed by atoms with van der Waals surface area (Å²) in [6.07, 6.45) is 1.24. The number of nitrogens with one attached hydrogen (secondary N) is 2. The highest BCUT2D eigenvalue weighted by Crippen LogP contribution is 2.21. The number of thiophene rings is 1. The smallest absolute Gasteiger partial charge is 0.315 e. The Hall–Kier alpha value is -1.56. The average Bonchev–Trinajstić information content (AvgIpc) is 2.86. The standard InChI is InChI=1S/C14H22N2O3S/c1-4-10(11-6-5-9-20-11)15-13(19)16-14(2,3)8-7-12(17)18/h5-6,9-10H,4,7-8H2,1-3H3,(H,17,18)(H2,15,16,19). The third-order valence-corrected chi connectivity index (χ3v) is 4.00. The van der Waals surface area contributed by atoms with Gasteiger partial charge < -0.3 is 15.7 Å². The lowest BCUT2D eigenvalue weighted by Gasteiger charge is -2.27. The molecule has 1 rings (SSSR count). The summed E-state index contributed by atoms with van der Waals surface area (Å²) < 4.78 is 0. The Bertz CT molecular complexity index is 443. The van der Waals surface area contributed by atoms with E-state index in [-0.39, 0.29) is 18.5 Å². The molecule has 1 aromatic rings. The summed E-state index contributed by atoms with van der Waals surface area (Å²) in [5.74, 6) is -0.856. The van der Waals surface area contributed by atoms with Crippen LogP contribution in [0.4, 0.5) is 4.79 Å². The fourth-order valence-corrected chi connectivity index (χ4v) is 2.71.